The SMILES string of the molecule is O=C(NC1CCCC1)[C@@H](Cc1ccccc1)N(Cc1cccc(Br)c1)C(=O)CN(c1cccc(Cl)c1Cl)S(=O)(=O)c1ccccc1. The fraction of sp³-hybridized carbons (Fsp3) is 0.257. The highest BCUT2D eigenvalue weighted by molar-refractivity contribution is 9.10. The third-order valence-electron chi connectivity index (χ3n) is 8.02. The van der Waals surface area contributed by atoms with Gasteiger partial charge in [0, 0.05) is 23.5 Å². The molecule has 0 bridgehead atoms. The van der Waals surface area contributed by atoms with Crippen molar-refractivity contribution in [1.82, 2.24) is 10.2 Å². The molecule has 0 aromatic heterocycles. The molecule has 4 aromatic rings. The second-order valence-corrected chi connectivity index (χ2v) is 14.8. The number of carbonyl (C=O) groups excluding carboxylic acids is 2. The van der Waals surface area contributed by atoms with Crippen molar-refractivity contribution in [1.29, 1.82) is 0 Å². The summed E-state index contributed by atoms with van der Waals surface area (Å²) in [6, 6.07) is 28.5. The van der Waals surface area contributed by atoms with Gasteiger partial charge in [-0.25, -0.2) is 8.42 Å². The summed E-state index contributed by atoms with van der Waals surface area (Å²) in [6.45, 7) is -0.552. The molecule has 0 heterocycles. The monoisotopic (exact) mass is 741 g/mol. The summed E-state index contributed by atoms with van der Waals surface area (Å²) in [6.07, 6.45) is 4.05. The molecule has 1 aliphatic carbocycles. The normalized spacial score (nSPS) is 14.1. The first-order valence-corrected chi connectivity index (χ1v) is 18.0. The molecule has 240 valence electrons. The maximum absolute atomic E-state index is 14.6. The van der Waals surface area contributed by atoms with Crippen LogP contribution in [-0.4, -0.2) is 43.8 Å². The van der Waals surface area contributed by atoms with Crippen molar-refractivity contribution >= 4 is 66.7 Å². The van der Waals surface area contributed by atoms with Crippen molar-refractivity contribution in [2.24, 2.45) is 0 Å². The lowest BCUT2D eigenvalue weighted by Gasteiger charge is -2.34. The molecule has 0 saturated heterocycles. The topological polar surface area (TPSA) is 86.8 Å². The van der Waals surface area contributed by atoms with Crippen LogP contribution in [-0.2, 0) is 32.6 Å². The predicted octanol–water partition coefficient (Wildman–Crippen LogP) is 7.65. The molecule has 0 aliphatic heterocycles. The number of carbonyl (C=O) groups is 2. The molecule has 11 heteroatoms. The van der Waals surface area contributed by atoms with Gasteiger partial charge in [-0.2, -0.15) is 0 Å². The maximum Gasteiger partial charge on any atom is 0.264 e. The maximum atomic E-state index is 14.6. The second kappa shape index (κ2) is 15.5. The molecule has 1 saturated carbocycles. The van der Waals surface area contributed by atoms with Gasteiger partial charge in [-0.1, -0.05) is 119 Å². The van der Waals surface area contributed by atoms with Crippen LogP contribution in [0, 0.1) is 0 Å². The van der Waals surface area contributed by atoms with Crippen LogP contribution in [0.5, 0.6) is 0 Å². The van der Waals surface area contributed by atoms with Crippen molar-refractivity contribution < 1.29 is 18.0 Å². The summed E-state index contributed by atoms with van der Waals surface area (Å²) in [5, 5.41) is 3.31. The van der Waals surface area contributed by atoms with E-state index in [0.717, 1.165) is 45.6 Å². The van der Waals surface area contributed by atoms with Crippen LogP contribution in [0.15, 0.2) is 112 Å². The van der Waals surface area contributed by atoms with Gasteiger partial charge in [-0.05, 0) is 60.4 Å². The van der Waals surface area contributed by atoms with E-state index in [1.165, 1.54) is 23.1 Å². The minimum absolute atomic E-state index is 0.00479. The zero-order chi connectivity index (χ0) is 32.7. The Labute approximate surface area is 288 Å². The molecule has 4 aromatic carbocycles. The van der Waals surface area contributed by atoms with Crippen molar-refractivity contribution in [3.8, 4) is 0 Å². The third kappa shape index (κ3) is 8.31. The van der Waals surface area contributed by atoms with E-state index in [2.05, 4.69) is 21.2 Å². The van der Waals surface area contributed by atoms with E-state index >= 15 is 0 Å². The fourth-order valence-electron chi connectivity index (χ4n) is 5.67. The van der Waals surface area contributed by atoms with Gasteiger partial charge >= 0.3 is 0 Å². The van der Waals surface area contributed by atoms with Crippen LogP contribution in [0.2, 0.25) is 10.0 Å². The minimum atomic E-state index is -4.29. The highest BCUT2D eigenvalue weighted by Crippen LogP contribution is 2.35. The Kier molecular flexibility index (Phi) is 11.4. The number of sulfonamides is 1. The standard InChI is InChI=1S/C35H34BrCl2N3O4S/c36-27-14-9-13-26(21-27)23-40(32(22-25-11-3-1-4-12-25)35(43)39-28-15-7-8-16-28)33(42)24-41(31-20-10-19-30(37)34(31)38)46(44,45)29-17-5-2-6-18-29/h1-6,9-14,17-21,28,32H,7-8,15-16,22-24H2,(H,39,43)/t32-/m1/s1. The van der Waals surface area contributed by atoms with E-state index < -0.39 is 28.5 Å². The Morgan fingerprint density at radius 1 is 0.848 bits per heavy atom. The lowest BCUT2D eigenvalue weighted by molar-refractivity contribution is -0.140. The Balaban J connectivity index is 1.59. The van der Waals surface area contributed by atoms with Crippen LogP contribution in [0.1, 0.15) is 36.8 Å². The number of anilines is 1. The average Bonchev–Trinajstić information content (AvgIpc) is 3.57. The van der Waals surface area contributed by atoms with Gasteiger partial charge in [0.15, 0.2) is 0 Å². The Hall–Kier alpha value is -3.37. The summed E-state index contributed by atoms with van der Waals surface area (Å²) in [5.41, 5.74) is 1.70. The van der Waals surface area contributed by atoms with Gasteiger partial charge in [0.25, 0.3) is 10.0 Å². The summed E-state index contributed by atoms with van der Waals surface area (Å²) < 4.78 is 30.1. The molecule has 1 fully saturated rings. The van der Waals surface area contributed by atoms with Crippen LogP contribution in [0.4, 0.5) is 5.69 Å². The largest absolute Gasteiger partial charge is 0.352 e. The highest BCUT2D eigenvalue weighted by atomic mass is 79.9. The first kappa shape index (κ1) is 34.0. The summed E-state index contributed by atoms with van der Waals surface area (Å²) in [4.78, 5) is 30.2. The number of amides is 2. The van der Waals surface area contributed by atoms with Crippen LogP contribution in [0.25, 0.3) is 0 Å². The number of nitrogens with zero attached hydrogens (tertiary/aromatic N) is 2. The number of hydrogen-bond acceptors (Lipinski definition) is 4. The summed E-state index contributed by atoms with van der Waals surface area (Å²) in [7, 11) is -4.29. The van der Waals surface area contributed by atoms with Crippen molar-refractivity contribution in [2.75, 3.05) is 10.8 Å². The fourth-order valence-corrected chi connectivity index (χ4v) is 8.01. The quantitative estimate of drug-likeness (QED) is 0.162. The Morgan fingerprint density at radius 2 is 1.48 bits per heavy atom. The first-order valence-electron chi connectivity index (χ1n) is 15.0. The number of nitrogens with one attached hydrogen (secondary N) is 1. The summed E-state index contributed by atoms with van der Waals surface area (Å²) >= 11 is 16.4. The highest BCUT2D eigenvalue weighted by Gasteiger charge is 2.36. The molecule has 0 unspecified atom stereocenters. The molecule has 2 amide bonds. The molecule has 5 rings (SSSR count). The predicted molar refractivity (Wildman–Crippen MR) is 186 cm³/mol. The van der Waals surface area contributed by atoms with Gasteiger partial charge in [0.05, 0.1) is 20.6 Å². The molecule has 46 heavy (non-hydrogen) atoms. The van der Waals surface area contributed by atoms with E-state index in [1.807, 2.05) is 54.6 Å². The molecule has 0 radical (unpaired) electrons. The summed E-state index contributed by atoms with van der Waals surface area (Å²) in [5.74, 6) is -0.851. The number of rotatable bonds is 12. The Bertz CT molecular complexity index is 1770. The number of hydrogen-bond donors (Lipinski definition) is 1. The van der Waals surface area contributed by atoms with Crippen molar-refractivity contribution in [3.63, 3.8) is 0 Å². The van der Waals surface area contributed by atoms with Crippen LogP contribution < -0.4 is 9.62 Å². The molecular formula is C35H34BrCl2N3O4S. The van der Waals surface area contributed by atoms with Crippen molar-refractivity contribution in [2.45, 2.75) is 55.6 Å². The molecular weight excluding hydrogens is 709 g/mol. The van der Waals surface area contributed by atoms with Gasteiger partial charge in [0.1, 0.15) is 12.6 Å². The molecule has 1 aliphatic rings. The van der Waals surface area contributed by atoms with E-state index in [9.17, 15) is 18.0 Å². The number of halogens is 3. The average molecular weight is 744 g/mol. The minimum Gasteiger partial charge on any atom is -0.352 e. The van der Waals surface area contributed by atoms with Gasteiger partial charge in [-0.3, -0.25) is 13.9 Å². The van der Waals surface area contributed by atoms with Gasteiger partial charge < -0.3 is 10.2 Å². The third-order valence-corrected chi connectivity index (χ3v) is 11.1. The first-order chi connectivity index (χ1) is 22.1. The van der Waals surface area contributed by atoms with E-state index in [-0.39, 0.29) is 45.5 Å². The van der Waals surface area contributed by atoms with E-state index in [0.29, 0.717) is 0 Å². The molecule has 0 spiro atoms. The van der Waals surface area contributed by atoms with Crippen molar-refractivity contribution in [3.05, 3.63) is 129 Å². The lowest BCUT2D eigenvalue weighted by Crippen LogP contribution is -2.54. The van der Waals surface area contributed by atoms with Crippen LogP contribution in [0.3, 0.4) is 0 Å². The second-order valence-electron chi connectivity index (χ2n) is 11.2. The molecule has 1 N–H and O–H groups in total. The van der Waals surface area contributed by atoms with Gasteiger partial charge in [-0.15, -0.1) is 0 Å². The van der Waals surface area contributed by atoms with E-state index in [1.54, 1.807) is 30.3 Å². The molecule has 7 nitrogen and oxygen atoms in total. The number of benzene rings is 4. The zero-order valence-electron chi connectivity index (χ0n) is 25.0. The molecule has 1 atom stereocenters. The zero-order valence-corrected chi connectivity index (χ0v) is 28.9. The smallest absolute Gasteiger partial charge is 0.264 e. The lowest BCUT2D eigenvalue weighted by atomic mass is 10.0. The van der Waals surface area contributed by atoms with Gasteiger partial charge in [0.2, 0.25) is 11.8 Å². The van der Waals surface area contributed by atoms with E-state index in [4.69, 9.17) is 23.2 Å². The van der Waals surface area contributed by atoms with Crippen LogP contribution >= 0.6 is 39.1 Å². The Morgan fingerprint density at radius 3 is 2.15 bits per heavy atom.